The number of ketones is 1. The molecule has 0 saturated carbocycles. The van der Waals surface area contributed by atoms with Gasteiger partial charge in [0.15, 0.2) is 5.78 Å². The predicted octanol–water partition coefficient (Wildman–Crippen LogP) is 2.92. The molecule has 11 heavy (non-hydrogen) atoms. The molecule has 0 bridgehead atoms. The molecular weight excluding hydrogens is 229 g/mol. The summed E-state index contributed by atoms with van der Waals surface area (Å²) in [5.74, 6) is 0.0710. The van der Waals surface area contributed by atoms with Crippen LogP contribution in [0.5, 0.6) is 0 Å². The van der Waals surface area contributed by atoms with Gasteiger partial charge in [0.2, 0.25) is 0 Å². The minimum Gasteiger partial charge on any atom is -0.293 e. The maximum Gasteiger partial charge on any atom is 0.173 e. The normalized spacial score (nSPS) is 9.64. The molecule has 0 aromatic heterocycles. The molecular formula is C8H6BrClO. The maximum atomic E-state index is 11.0. The van der Waals surface area contributed by atoms with Gasteiger partial charge < -0.3 is 0 Å². The SMILES string of the molecule is O=C([14CH2]Br)c1ccc(Cl)cc1. The molecule has 58 valence electrons. The molecule has 0 aliphatic carbocycles. The minimum absolute atomic E-state index is 0.0710. The van der Waals surface area contributed by atoms with Crippen molar-refractivity contribution >= 4 is 33.3 Å². The average molecular weight is 235 g/mol. The van der Waals surface area contributed by atoms with Crippen molar-refractivity contribution in [1.29, 1.82) is 0 Å². The first-order chi connectivity index (χ1) is 5.24. The van der Waals surface area contributed by atoms with Gasteiger partial charge in [0, 0.05) is 10.6 Å². The molecule has 0 unspecified atom stereocenters. The second-order valence-corrected chi connectivity index (χ2v) is 3.06. The van der Waals surface area contributed by atoms with Gasteiger partial charge in [0.25, 0.3) is 0 Å². The number of carbonyl (C=O) groups is 1. The number of hydrogen-bond acceptors (Lipinski definition) is 1. The van der Waals surface area contributed by atoms with E-state index in [0.29, 0.717) is 15.9 Å². The summed E-state index contributed by atoms with van der Waals surface area (Å²) in [7, 11) is 0. The highest BCUT2D eigenvalue weighted by Crippen LogP contribution is 2.10. The molecule has 0 radical (unpaired) electrons. The van der Waals surface area contributed by atoms with Gasteiger partial charge in [-0.15, -0.1) is 0 Å². The highest BCUT2D eigenvalue weighted by molar-refractivity contribution is 9.09. The fraction of sp³-hybridized carbons (Fsp3) is 0.125. The second kappa shape index (κ2) is 3.88. The van der Waals surface area contributed by atoms with Crippen LogP contribution in [0.3, 0.4) is 0 Å². The summed E-state index contributed by atoms with van der Waals surface area (Å²) in [5.41, 5.74) is 0.686. The Morgan fingerprint density at radius 2 is 1.91 bits per heavy atom. The van der Waals surface area contributed by atoms with Crippen LogP contribution >= 0.6 is 27.5 Å². The quantitative estimate of drug-likeness (QED) is 0.569. The van der Waals surface area contributed by atoms with Gasteiger partial charge in [-0.05, 0) is 24.3 Å². The van der Waals surface area contributed by atoms with Gasteiger partial charge in [-0.2, -0.15) is 0 Å². The first-order valence-electron chi connectivity index (χ1n) is 3.09. The van der Waals surface area contributed by atoms with Crippen molar-refractivity contribution < 1.29 is 4.79 Å². The van der Waals surface area contributed by atoms with Crippen molar-refractivity contribution in [3.05, 3.63) is 34.9 Å². The van der Waals surface area contributed by atoms with E-state index in [9.17, 15) is 4.79 Å². The highest BCUT2D eigenvalue weighted by atomic mass is 79.9. The van der Waals surface area contributed by atoms with Crippen LogP contribution in [-0.4, -0.2) is 11.1 Å². The van der Waals surface area contributed by atoms with Crippen molar-refractivity contribution in [2.75, 3.05) is 5.33 Å². The lowest BCUT2D eigenvalue weighted by Gasteiger charge is -1.95. The second-order valence-electron chi connectivity index (χ2n) is 2.06. The van der Waals surface area contributed by atoms with E-state index >= 15 is 0 Å². The molecule has 0 amide bonds. The maximum absolute atomic E-state index is 11.0. The lowest BCUT2D eigenvalue weighted by molar-refractivity contribution is 0.102. The fourth-order valence-corrected chi connectivity index (χ4v) is 1.16. The van der Waals surface area contributed by atoms with Crippen molar-refractivity contribution in [2.45, 2.75) is 0 Å². The third-order valence-electron chi connectivity index (χ3n) is 1.29. The molecule has 0 spiro atoms. The van der Waals surface area contributed by atoms with Gasteiger partial charge in [0.1, 0.15) is 0 Å². The third-order valence-corrected chi connectivity index (χ3v) is 2.05. The Balaban J connectivity index is 2.90. The molecule has 1 rings (SSSR count). The Morgan fingerprint density at radius 1 is 1.36 bits per heavy atom. The zero-order valence-electron chi connectivity index (χ0n) is 5.68. The topological polar surface area (TPSA) is 17.1 Å². The summed E-state index contributed by atoms with van der Waals surface area (Å²) in [6, 6.07) is 6.84. The summed E-state index contributed by atoms with van der Waals surface area (Å²) in [4.78, 5) is 11.0. The smallest absolute Gasteiger partial charge is 0.173 e. The number of alkyl halides is 1. The Labute approximate surface area is 78.5 Å². The van der Waals surface area contributed by atoms with Crippen LogP contribution in [0.4, 0.5) is 0 Å². The summed E-state index contributed by atoms with van der Waals surface area (Å²) >= 11 is 8.72. The van der Waals surface area contributed by atoms with Crippen LogP contribution in [0, 0.1) is 0 Å². The lowest BCUT2D eigenvalue weighted by Crippen LogP contribution is -1.98. The largest absolute Gasteiger partial charge is 0.293 e. The fourth-order valence-electron chi connectivity index (χ4n) is 0.713. The van der Waals surface area contributed by atoms with E-state index in [4.69, 9.17) is 11.6 Å². The van der Waals surface area contributed by atoms with Gasteiger partial charge in [-0.25, -0.2) is 0 Å². The molecule has 1 aromatic rings. The standard InChI is InChI=1S/C8H6BrClO/c9-5-8(11)6-1-3-7(10)4-2-6/h1-4H,5H2/i5+2. The highest BCUT2D eigenvalue weighted by Gasteiger charge is 2.01. The van der Waals surface area contributed by atoms with E-state index in [2.05, 4.69) is 15.9 Å². The molecule has 0 aliphatic rings. The first-order valence-corrected chi connectivity index (χ1v) is 4.58. The van der Waals surface area contributed by atoms with Crippen LogP contribution in [-0.2, 0) is 0 Å². The van der Waals surface area contributed by atoms with Gasteiger partial charge >= 0.3 is 0 Å². The molecule has 1 aromatic carbocycles. The zero-order valence-corrected chi connectivity index (χ0v) is 8.02. The molecule has 0 heterocycles. The Kier molecular flexibility index (Phi) is 3.09. The number of hydrogen-bond donors (Lipinski definition) is 0. The van der Waals surface area contributed by atoms with E-state index in [-0.39, 0.29) is 5.78 Å². The predicted molar refractivity (Wildman–Crippen MR) is 49.6 cm³/mol. The zero-order chi connectivity index (χ0) is 8.27. The monoisotopic (exact) mass is 234 g/mol. The van der Waals surface area contributed by atoms with E-state index in [1.807, 2.05) is 0 Å². The molecule has 0 aliphatic heterocycles. The van der Waals surface area contributed by atoms with E-state index in [0.717, 1.165) is 0 Å². The summed E-state index contributed by atoms with van der Waals surface area (Å²) in [6.07, 6.45) is 0. The van der Waals surface area contributed by atoms with Crippen LogP contribution in [0.15, 0.2) is 24.3 Å². The van der Waals surface area contributed by atoms with Crippen molar-refractivity contribution in [1.82, 2.24) is 0 Å². The third kappa shape index (κ3) is 2.31. The number of Topliss-reactive ketones (excluding diaryl/α,β-unsaturated/α-hetero) is 1. The van der Waals surface area contributed by atoms with Crippen LogP contribution < -0.4 is 0 Å². The number of rotatable bonds is 2. The molecule has 0 atom stereocenters. The van der Waals surface area contributed by atoms with Crippen LogP contribution in [0.2, 0.25) is 5.02 Å². The van der Waals surface area contributed by atoms with Crippen molar-refractivity contribution in [3.63, 3.8) is 0 Å². The van der Waals surface area contributed by atoms with Crippen LogP contribution in [0.25, 0.3) is 0 Å². The van der Waals surface area contributed by atoms with Gasteiger partial charge in [-0.3, -0.25) is 4.79 Å². The van der Waals surface area contributed by atoms with E-state index < -0.39 is 0 Å². The van der Waals surface area contributed by atoms with E-state index in [1.54, 1.807) is 24.3 Å². The summed E-state index contributed by atoms with van der Waals surface area (Å²) in [6.45, 7) is 0. The molecule has 3 heteroatoms. The number of carbonyl (C=O) groups excluding carboxylic acids is 1. The van der Waals surface area contributed by atoms with Crippen molar-refractivity contribution in [2.24, 2.45) is 0 Å². The summed E-state index contributed by atoms with van der Waals surface area (Å²) in [5, 5.41) is 1.00. The van der Waals surface area contributed by atoms with Gasteiger partial charge in [-0.1, -0.05) is 27.5 Å². The van der Waals surface area contributed by atoms with E-state index in [1.165, 1.54) is 0 Å². The number of benzene rings is 1. The Morgan fingerprint density at radius 3 is 2.36 bits per heavy atom. The number of halogens is 2. The average Bonchev–Trinajstić information content (AvgIpc) is 2.05. The molecule has 1 nitrogen and oxygen atoms in total. The lowest BCUT2D eigenvalue weighted by atomic mass is 10.2. The molecule has 0 saturated heterocycles. The minimum atomic E-state index is 0.0710. The van der Waals surface area contributed by atoms with Crippen LogP contribution in [0.1, 0.15) is 10.4 Å². The van der Waals surface area contributed by atoms with Gasteiger partial charge in [0.05, 0.1) is 5.33 Å². The Bertz CT molecular complexity index is 255. The molecule has 0 fully saturated rings. The Hall–Kier alpha value is -0.340. The molecule has 0 N–H and O–H groups in total. The first kappa shape index (κ1) is 8.75. The summed E-state index contributed by atoms with van der Waals surface area (Å²) < 4.78 is 0. The van der Waals surface area contributed by atoms with Crippen molar-refractivity contribution in [3.8, 4) is 0 Å².